The molecule has 18 heavy (non-hydrogen) atoms. The highest BCUT2D eigenvalue weighted by atomic mass is 16.5. The summed E-state index contributed by atoms with van der Waals surface area (Å²) in [5, 5.41) is 3.32. The monoisotopic (exact) mass is 236 g/mol. The summed E-state index contributed by atoms with van der Waals surface area (Å²) in [4.78, 5) is 12.4. The van der Waals surface area contributed by atoms with Gasteiger partial charge >= 0.3 is 0 Å². The fraction of sp³-hybridized carbons (Fsp3) is 0.0625. The van der Waals surface area contributed by atoms with Crippen LogP contribution in [0.4, 0.5) is 0 Å². The van der Waals surface area contributed by atoms with Gasteiger partial charge in [-0.15, -0.1) is 0 Å². The van der Waals surface area contributed by atoms with Gasteiger partial charge in [-0.3, -0.25) is 4.79 Å². The summed E-state index contributed by atoms with van der Waals surface area (Å²) in [5.74, 6) is 0.761. The molecule has 0 aliphatic heterocycles. The highest BCUT2D eigenvalue weighted by Gasteiger charge is 2.02. The van der Waals surface area contributed by atoms with E-state index in [1.807, 2.05) is 54.6 Å². The van der Waals surface area contributed by atoms with E-state index in [2.05, 4.69) is 0 Å². The molecule has 2 heteroatoms. The Morgan fingerprint density at radius 2 is 1.56 bits per heavy atom. The minimum Gasteiger partial charge on any atom is -0.497 e. The molecule has 0 aliphatic rings. The average Bonchev–Trinajstić information content (AvgIpc) is 2.57. The van der Waals surface area contributed by atoms with Crippen LogP contribution in [-0.4, -0.2) is 7.11 Å². The van der Waals surface area contributed by atoms with Crippen LogP contribution < -0.4 is 10.2 Å². The number of ether oxygens (including phenoxy) is 1. The van der Waals surface area contributed by atoms with Gasteiger partial charge < -0.3 is 4.74 Å². The SMILES string of the molecule is COc1ccc2c(=O)c3ccccc3ccc2c1. The van der Waals surface area contributed by atoms with E-state index in [4.69, 9.17) is 4.74 Å². The highest BCUT2D eigenvalue weighted by molar-refractivity contribution is 5.93. The molecule has 2 nitrogen and oxygen atoms in total. The molecule has 0 amide bonds. The molecule has 0 spiro atoms. The zero-order chi connectivity index (χ0) is 12.5. The standard InChI is InChI=1S/C16H12O2/c1-18-13-8-9-15-12(10-13)7-6-11-4-2-3-5-14(11)16(15)17/h2-10H,1H3. The van der Waals surface area contributed by atoms with Crippen LogP contribution in [0.25, 0.3) is 21.5 Å². The van der Waals surface area contributed by atoms with Gasteiger partial charge in [0.25, 0.3) is 0 Å². The Morgan fingerprint density at radius 3 is 2.39 bits per heavy atom. The Morgan fingerprint density at radius 1 is 0.833 bits per heavy atom. The molecule has 0 heterocycles. The second kappa shape index (κ2) is 4.15. The van der Waals surface area contributed by atoms with Crippen molar-refractivity contribution in [3.8, 4) is 5.75 Å². The van der Waals surface area contributed by atoms with Crippen molar-refractivity contribution in [1.29, 1.82) is 0 Å². The summed E-state index contributed by atoms with van der Waals surface area (Å²) < 4.78 is 5.19. The molecule has 0 unspecified atom stereocenters. The summed E-state index contributed by atoms with van der Waals surface area (Å²) in [6.45, 7) is 0. The maximum Gasteiger partial charge on any atom is 0.194 e. The summed E-state index contributed by atoms with van der Waals surface area (Å²) in [6, 6.07) is 17.1. The van der Waals surface area contributed by atoms with Crippen LogP contribution in [0.15, 0.2) is 59.4 Å². The maximum absolute atomic E-state index is 12.4. The van der Waals surface area contributed by atoms with Crippen molar-refractivity contribution >= 4 is 21.5 Å². The second-order valence-electron chi connectivity index (χ2n) is 4.20. The molecule has 0 fully saturated rings. The van der Waals surface area contributed by atoms with Crippen molar-refractivity contribution in [2.75, 3.05) is 7.11 Å². The number of hydrogen-bond donors (Lipinski definition) is 0. The Bertz CT molecular complexity index is 791. The first kappa shape index (κ1) is 10.8. The van der Waals surface area contributed by atoms with Crippen molar-refractivity contribution in [3.05, 3.63) is 64.8 Å². The Kier molecular flexibility index (Phi) is 2.49. The van der Waals surface area contributed by atoms with E-state index in [0.29, 0.717) is 0 Å². The van der Waals surface area contributed by atoms with E-state index in [0.717, 1.165) is 27.3 Å². The maximum atomic E-state index is 12.4. The lowest BCUT2D eigenvalue weighted by Crippen LogP contribution is -1.98. The molecule has 0 saturated carbocycles. The minimum absolute atomic E-state index is 0.0632. The van der Waals surface area contributed by atoms with Crippen molar-refractivity contribution < 1.29 is 4.74 Å². The Hall–Kier alpha value is -2.35. The molecule has 0 aromatic heterocycles. The fourth-order valence-corrected chi connectivity index (χ4v) is 2.19. The zero-order valence-corrected chi connectivity index (χ0v) is 10.0. The van der Waals surface area contributed by atoms with Crippen LogP contribution in [0, 0.1) is 0 Å². The average molecular weight is 236 g/mol. The smallest absolute Gasteiger partial charge is 0.194 e. The minimum atomic E-state index is 0.0632. The Labute approximate surface area is 104 Å². The predicted molar refractivity (Wildman–Crippen MR) is 74.3 cm³/mol. The molecule has 3 rings (SSSR count). The van der Waals surface area contributed by atoms with Crippen LogP contribution >= 0.6 is 0 Å². The van der Waals surface area contributed by atoms with Gasteiger partial charge in [0.1, 0.15) is 5.75 Å². The quantitative estimate of drug-likeness (QED) is 0.647. The lowest BCUT2D eigenvalue weighted by Gasteiger charge is -1.99. The van der Waals surface area contributed by atoms with E-state index in [1.165, 1.54) is 0 Å². The number of benzene rings is 2. The number of fused-ring (bicyclic) bond motifs is 2. The first-order valence-corrected chi connectivity index (χ1v) is 5.79. The van der Waals surface area contributed by atoms with Crippen molar-refractivity contribution in [1.82, 2.24) is 0 Å². The van der Waals surface area contributed by atoms with Gasteiger partial charge in [0.15, 0.2) is 5.43 Å². The van der Waals surface area contributed by atoms with Crippen LogP contribution in [0.5, 0.6) is 5.75 Å². The van der Waals surface area contributed by atoms with E-state index in [-0.39, 0.29) is 5.43 Å². The molecule has 0 bridgehead atoms. The van der Waals surface area contributed by atoms with Gasteiger partial charge in [-0.1, -0.05) is 36.4 Å². The van der Waals surface area contributed by atoms with Crippen LogP contribution in [0.3, 0.4) is 0 Å². The molecule has 0 N–H and O–H groups in total. The van der Waals surface area contributed by atoms with Gasteiger partial charge in [0.2, 0.25) is 0 Å². The van der Waals surface area contributed by atoms with Crippen LogP contribution in [0.1, 0.15) is 0 Å². The van der Waals surface area contributed by atoms with Gasteiger partial charge in [-0.05, 0) is 29.0 Å². The largest absolute Gasteiger partial charge is 0.497 e. The van der Waals surface area contributed by atoms with Crippen molar-refractivity contribution in [2.24, 2.45) is 0 Å². The van der Waals surface area contributed by atoms with Gasteiger partial charge in [-0.25, -0.2) is 0 Å². The molecule has 0 aliphatic carbocycles. The number of hydrogen-bond acceptors (Lipinski definition) is 2. The molecule has 0 radical (unpaired) electrons. The molecule has 88 valence electrons. The van der Waals surface area contributed by atoms with E-state index < -0.39 is 0 Å². The summed E-state index contributed by atoms with van der Waals surface area (Å²) in [7, 11) is 1.62. The molecular formula is C16H12O2. The van der Waals surface area contributed by atoms with Crippen LogP contribution in [0.2, 0.25) is 0 Å². The Balaban J connectivity index is 2.53. The third kappa shape index (κ3) is 1.63. The zero-order valence-electron chi connectivity index (χ0n) is 10.0. The van der Waals surface area contributed by atoms with E-state index >= 15 is 0 Å². The van der Waals surface area contributed by atoms with Gasteiger partial charge in [0.05, 0.1) is 7.11 Å². The van der Waals surface area contributed by atoms with Gasteiger partial charge in [-0.2, -0.15) is 0 Å². The first-order valence-electron chi connectivity index (χ1n) is 5.79. The fourth-order valence-electron chi connectivity index (χ4n) is 2.19. The van der Waals surface area contributed by atoms with Crippen LogP contribution in [-0.2, 0) is 0 Å². The van der Waals surface area contributed by atoms with E-state index in [1.54, 1.807) is 7.11 Å². The third-order valence-corrected chi connectivity index (χ3v) is 3.15. The summed E-state index contributed by atoms with van der Waals surface area (Å²) in [6.07, 6.45) is 0. The van der Waals surface area contributed by atoms with Crippen molar-refractivity contribution in [3.63, 3.8) is 0 Å². The summed E-state index contributed by atoms with van der Waals surface area (Å²) in [5.41, 5.74) is 0.0632. The third-order valence-electron chi connectivity index (χ3n) is 3.15. The lowest BCUT2D eigenvalue weighted by molar-refractivity contribution is 0.415. The molecule has 3 aromatic rings. The normalized spacial score (nSPS) is 10.7. The summed E-state index contributed by atoms with van der Waals surface area (Å²) >= 11 is 0. The molecule has 0 saturated heterocycles. The molecule has 3 aromatic carbocycles. The number of methoxy groups -OCH3 is 1. The van der Waals surface area contributed by atoms with Crippen molar-refractivity contribution in [2.45, 2.75) is 0 Å². The number of rotatable bonds is 1. The predicted octanol–water partition coefficient (Wildman–Crippen LogP) is 3.36. The highest BCUT2D eigenvalue weighted by Crippen LogP contribution is 2.20. The molecular weight excluding hydrogens is 224 g/mol. The van der Waals surface area contributed by atoms with E-state index in [9.17, 15) is 4.79 Å². The van der Waals surface area contributed by atoms with Gasteiger partial charge in [0, 0.05) is 10.8 Å². The second-order valence-corrected chi connectivity index (χ2v) is 4.20. The first-order chi connectivity index (χ1) is 8.79. The molecule has 0 atom stereocenters. The topological polar surface area (TPSA) is 26.3 Å². The lowest BCUT2D eigenvalue weighted by atomic mass is 10.1.